The van der Waals surface area contributed by atoms with Gasteiger partial charge in [0.2, 0.25) is 10.0 Å². The molecule has 4 atom stereocenters. The molecule has 1 heterocycles. The van der Waals surface area contributed by atoms with E-state index in [1.165, 1.54) is 30.9 Å². The predicted molar refractivity (Wildman–Crippen MR) is 88.1 cm³/mol. The number of rotatable bonds is 2. The molecular weight excluding hydrogens is 342 g/mol. The summed E-state index contributed by atoms with van der Waals surface area (Å²) in [7, 11) is -3.81. The van der Waals surface area contributed by atoms with Gasteiger partial charge in [-0.05, 0) is 48.8 Å². The summed E-state index contributed by atoms with van der Waals surface area (Å²) in [6.45, 7) is 0. The number of fused-ring (bicyclic) bond motifs is 3. The molecular formula is C14H16ClN3O2S2. The molecule has 4 unspecified atom stereocenters. The van der Waals surface area contributed by atoms with Crippen LogP contribution in [0.1, 0.15) is 12.8 Å². The maximum atomic E-state index is 11.5. The quantitative estimate of drug-likeness (QED) is 0.559. The largest absolute Gasteiger partial charge is 0.368 e. The molecule has 0 radical (unpaired) electrons. The SMILES string of the molecule is NS(=O)(=O)c1cc2c(cc1Cl)NC(C1CC3C=CC1C3)NS2. The molecule has 5 nitrogen and oxygen atoms in total. The summed E-state index contributed by atoms with van der Waals surface area (Å²) < 4.78 is 26.5. The van der Waals surface area contributed by atoms with Gasteiger partial charge in [0.1, 0.15) is 4.90 Å². The van der Waals surface area contributed by atoms with E-state index in [1.807, 2.05) is 0 Å². The Morgan fingerprint density at radius 2 is 2.09 bits per heavy atom. The van der Waals surface area contributed by atoms with Crippen LogP contribution in [-0.2, 0) is 10.0 Å². The Hall–Kier alpha value is -0.730. The van der Waals surface area contributed by atoms with Crippen LogP contribution in [0.15, 0.2) is 34.1 Å². The lowest BCUT2D eigenvalue weighted by Crippen LogP contribution is -2.43. The molecule has 3 aliphatic rings. The number of hydrogen-bond donors (Lipinski definition) is 3. The van der Waals surface area contributed by atoms with Crippen LogP contribution in [0.2, 0.25) is 5.02 Å². The summed E-state index contributed by atoms with van der Waals surface area (Å²) in [6.07, 6.45) is 7.23. The second-order valence-corrected chi connectivity index (χ2v) is 8.93. The molecule has 1 aromatic carbocycles. The fraction of sp³-hybridized carbons (Fsp3) is 0.429. The molecule has 1 fully saturated rings. The highest BCUT2D eigenvalue weighted by Crippen LogP contribution is 2.47. The maximum Gasteiger partial charge on any atom is 0.239 e. The third-order valence-electron chi connectivity index (χ3n) is 4.71. The first-order valence-electron chi connectivity index (χ1n) is 7.15. The molecule has 0 aromatic heterocycles. The third-order valence-corrected chi connectivity index (χ3v) is 7.01. The van der Waals surface area contributed by atoms with Crippen LogP contribution >= 0.6 is 23.5 Å². The molecule has 1 saturated carbocycles. The average Bonchev–Trinajstić information content (AvgIpc) is 3.07. The predicted octanol–water partition coefficient (Wildman–Crippen LogP) is 2.55. The molecule has 0 amide bonds. The van der Waals surface area contributed by atoms with Crippen LogP contribution in [0.25, 0.3) is 0 Å². The van der Waals surface area contributed by atoms with Gasteiger partial charge in [-0.3, -0.25) is 0 Å². The van der Waals surface area contributed by atoms with E-state index in [1.54, 1.807) is 6.07 Å². The van der Waals surface area contributed by atoms with Gasteiger partial charge in [0.05, 0.1) is 16.9 Å². The van der Waals surface area contributed by atoms with Gasteiger partial charge < -0.3 is 5.32 Å². The minimum atomic E-state index is -3.81. The van der Waals surface area contributed by atoms with E-state index >= 15 is 0 Å². The zero-order chi connectivity index (χ0) is 15.5. The number of primary sulfonamides is 1. The van der Waals surface area contributed by atoms with E-state index in [4.69, 9.17) is 16.7 Å². The van der Waals surface area contributed by atoms with E-state index in [0.29, 0.717) is 17.8 Å². The first kappa shape index (κ1) is 14.8. The van der Waals surface area contributed by atoms with Crippen LogP contribution in [0, 0.1) is 17.8 Å². The van der Waals surface area contributed by atoms with Gasteiger partial charge in [-0.25, -0.2) is 18.3 Å². The van der Waals surface area contributed by atoms with Gasteiger partial charge in [-0.15, -0.1) is 0 Å². The average molecular weight is 358 g/mol. The molecule has 1 aromatic rings. The van der Waals surface area contributed by atoms with Crippen molar-refractivity contribution in [3.8, 4) is 0 Å². The Morgan fingerprint density at radius 3 is 2.73 bits per heavy atom. The van der Waals surface area contributed by atoms with Gasteiger partial charge in [-0.1, -0.05) is 23.8 Å². The van der Waals surface area contributed by atoms with Crippen molar-refractivity contribution in [3.63, 3.8) is 0 Å². The van der Waals surface area contributed by atoms with Gasteiger partial charge in [-0.2, -0.15) is 0 Å². The first-order valence-corrected chi connectivity index (χ1v) is 9.89. The van der Waals surface area contributed by atoms with E-state index in [9.17, 15) is 8.42 Å². The van der Waals surface area contributed by atoms with Crippen molar-refractivity contribution in [1.29, 1.82) is 0 Å². The molecule has 0 saturated heterocycles. The minimum absolute atomic E-state index is 0.0367. The van der Waals surface area contributed by atoms with Crippen LogP contribution in [0.4, 0.5) is 5.69 Å². The zero-order valence-corrected chi connectivity index (χ0v) is 14.0. The molecule has 22 heavy (non-hydrogen) atoms. The van der Waals surface area contributed by atoms with Crippen LogP contribution in [0.3, 0.4) is 0 Å². The smallest absolute Gasteiger partial charge is 0.239 e. The Balaban J connectivity index is 1.62. The van der Waals surface area contributed by atoms with Crippen LogP contribution in [-0.4, -0.2) is 14.6 Å². The van der Waals surface area contributed by atoms with E-state index in [0.717, 1.165) is 10.6 Å². The Labute approximate surface area is 138 Å². The summed E-state index contributed by atoms with van der Waals surface area (Å²) in [4.78, 5) is 0.758. The van der Waals surface area contributed by atoms with Crippen molar-refractivity contribution in [1.82, 2.24) is 4.72 Å². The second-order valence-electron chi connectivity index (χ2n) is 6.11. The van der Waals surface area contributed by atoms with Crippen molar-refractivity contribution in [2.24, 2.45) is 22.9 Å². The number of anilines is 1. The Morgan fingerprint density at radius 1 is 1.27 bits per heavy atom. The monoisotopic (exact) mass is 357 g/mol. The highest BCUT2D eigenvalue weighted by Gasteiger charge is 2.41. The second kappa shape index (κ2) is 5.14. The highest BCUT2D eigenvalue weighted by atomic mass is 35.5. The Bertz CT molecular complexity index is 766. The van der Waals surface area contributed by atoms with Gasteiger partial charge in [0, 0.05) is 10.8 Å². The van der Waals surface area contributed by atoms with Gasteiger partial charge in [0.15, 0.2) is 0 Å². The molecule has 118 valence electrons. The molecule has 2 aliphatic carbocycles. The summed E-state index contributed by atoms with van der Waals surface area (Å²) in [5, 5.41) is 8.80. The lowest BCUT2D eigenvalue weighted by atomic mass is 9.91. The third kappa shape index (κ3) is 2.45. The van der Waals surface area contributed by atoms with E-state index < -0.39 is 10.0 Å². The number of nitrogens with one attached hydrogen (secondary N) is 2. The fourth-order valence-electron chi connectivity index (χ4n) is 3.67. The van der Waals surface area contributed by atoms with Gasteiger partial charge in [0.25, 0.3) is 0 Å². The summed E-state index contributed by atoms with van der Waals surface area (Å²) in [5.74, 6) is 1.88. The fourth-order valence-corrected chi connectivity index (χ4v) is 5.74. The highest BCUT2D eigenvalue weighted by molar-refractivity contribution is 7.97. The first-order chi connectivity index (χ1) is 10.4. The number of hydrogen-bond acceptors (Lipinski definition) is 5. The number of allylic oxidation sites excluding steroid dienone is 2. The number of benzene rings is 1. The molecule has 1 aliphatic heterocycles. The normalized spacial score (nSPS) is 32.8. The van der Waals surface area contributed by atoms with Crippen molar-refractivity contribution < 1.29 is 8.42 Å². The molecule has 8 heteroatoms. The zero-order valence-electron chi connectivity index (χ0n) is 11.6. The molecule has 4 N–H and O–H groups in total. The van der Waals surface area contributed by atoms with Crippen molar-refractivity contribution >= 4 is 39.3 Å². The lowest BCUT2D eigenvalue weighted by molar-refractivity contribution is 0.372. The van der Waals surface area contributed by atoms with Crippen LogP contribution < -0.4 is 15.2 Å². The standard InChI is InChI=1S/C14H16ClN3O2S2/c15-10-5-11-12(6-13(10)22(16,19)20)21-18-14(17-11)9-4-7-1-2-8(9)3-7/h1-2,5-9,14,17-18H,3-4H2,(H2,16,19,20). The topological polar surface area (TPSA) is 84.2 Å². The van der Waals surface area contributed by atoms with Crippen molar-refractivity contribution in [2.75, 3.05) is 5.32 Å². The molecule has 4 rings (SSSR count). The maximum absolute atomic E-state index is 11.5. The van der Waals surface area contributed by atoms with Crippen LogP contribution in [0.5, 0.6) is 0 Å². The summed E-state index contributed by atoms with van der Waals surface area (Å²) in [5.41, 5.74) is 0.859. The van der Waals surface area contributed by atoms with E-state index in [2.05, 4.69) is 22.2 Å². The Kier molecular flexibility index (Phi) is 3.47. The van der Waals surface area contributed by atoms with Gasteiger partial charge >= 0.3 is 0 Å². The van der Waals surface area contributed by atoms with Crippen molar-refractivity contribution in [2.45, 2.75) is 28.8 Å². The number of nitrogens with two attached hydrogens (primary N) is 1. The number of sulfonamides is 1. The summed E-state index contributed by atoms with van der Waals surface area (Å²) in [6, 6.07) is 3.18. The molecule has 2 bridgehead atoms. The minimum Gasteiger partial charge on any atom is -0.368 e. The molecule has 0 spiro atoms. The summed E-state index contributed by atoms with van der Waals surface area (Å²) >= 11 is 7.51. The number of halogens is 1. The van der Waals surface area contributed by atoms with Crippen molar-refractivity contribution in [3.05, 3.63) is 29.3 Å². The van der Waals surface area contributed by atoms with E-state index in [-0.39, 0.29) is 16.1 Å². The lowest BCUT2D eigenvalue weighted by Gasteiger charge is -2.34.